The molecule has 13 aromatic rings. The van der Waals surface area contributed by atoms with Crippen molar-refractivity contribution in [1.29, 1.82) is 0 Å². The molecule has 0 aliphatic carbocycles. The van der Waals surface area contributed by atoms with Gasteiger partial charge in [-0.25, -0.2) is 4.98 Å². The van der Waals surface area contributed by atoms with Crippen molar-refractivity contribution in [3.8, 4) is 45.5 Å². The molecule has 0 fully saturated rings. The Balaban J connectivity index is 1.25. The average Bonchev–Trinajstić information content (AvgIpc) is 3.98. The number of hydrogen-bond acceptors (Lipinski definition) is 3. The van der Waals surface area contributed by atoms with Gasteiger partial charge < -0.3 is 4.57 Å². The predicted molar refractivity (Wildman–Crippen MR) is 257 cm³/mol. The van der Waals surface area contributed by atoms with Crippen molar-refractivity contribution in [1.82, 2.24) is 24.1 Å². The zero-order valence-corrected chi connectivity index (χ0v) is 32.7. The molecule has 0 N–H and O–H groups in total. The van der Waals surface area contributed by atoms with Crippen molar-refractivity contribution in [3.63, 3.8) is 0 Å². The second kappa shape index (κ2) is 13.6. The number of rotatable bonds is 5. The lowest BCUT2D eigenvalue weighted by Crippen LogP contribution is -2.07. The molecule has 0 aliphatic heterocycles. The molecule has 0 amide bonds. The monoisotopic (exact) mass is 799 g/mol. The van der Waals surface area contributed by atoms with Crippen molar-refractivity contribution in [3.05, 3.63) is 212 Å². The van der Waals surface area contributed by atoms with E-state index in [0.29, 0.717) is 22.4 Å². The Bertz CT molecular complexity index is 4420. The van der Waals surface area contributed by atoms with Gasteiger partial charge in [0.1, 0.15) is 0 Å². The minimum Gasteiger partial charge on any atom is -0.307 e. The molecule has 0 spiro atoms. The van der Waals surface area contributed by atoms with Crippen molar-refractivity contribution in [2.24, 2.45) is 0 Å². The molecule has 0 atom stereocenters. The Kier molecular flexibility index (Phi) is 5.67. The standard InChI is InChI=1S/C57H35N5/c1-3-17-36(18-4-1)55-58-56(37-19-5-2-6-20-37)60-57(59-55)62-52-30-16-13-27-46(52)48-34-33-47-45-26-12-15-29-51(45)61(53(47)54(48)62)50-28-14-11-21-39(50)38-31-32-44-42-24-8-7-22-40(42)41-23-9-10-25-43(41)49(44)35-38/h1-35H/i12D,13D,15D,16D,26D,27D,29D,30D,33D,34D. The zero-order chi connectivity index (χ0) is 49.4. The smallest absolute Gasteiger partial charge is 0.238 e. The van der Waals surface area contributed by atoms with Crippen LogP contribution in [0.4, 0.5) is 0 Å². The van der Waals surface area contributed by atoms with Crippen LogP contribution in [0.25, 0.3) is 121 Å². The lowest BCUT2D eigenvalue weighted by Gasteiger charge is -2.17. The van der Waals surface area contributed by atoms with E-state index in [1.807, 2.05) is 115 Å². The molecule has 0 bridgehead atoms. The van der Waals surface area contributed by atoms with Crippen LogP contribution in [0.15, 0.2) is 212 Å². The Labute approximate surface area is 370 Å². The van der Waals surface area contributed by atoms with Crippen LogP contribution in [0.2, 0.25) is 0 Å². The van der Waals surface area contributed by atoms with E-state index in [1.54, 1.807) is 4.57 Å². The van der Waals surface area contributed by atoms with Crippen LogP contribution in [0.1, 0.15) is 13.7 Å². The van der Waals surface area contributed by atoms with Crippen LogP contribution in [-0.2, 0) is 0 Å². The summed E-state index contributed by atoms with van der Waals surface area (Å²) in [5.74, 6) is 0.429. The molecule has 0 saturated carbocycles. The Morgan fingerprint density at radius 3 is 1.40 bits per heavy atom. The van der Waals surface area contributed by atoms with Crippen LogP contribution < -0.4 is 0 Å². The van der Waals surface area contributed by atoms with Gasteiger partial charge in [0.05, 0.1) is 41.5 Å². The van der Waals surface area contributed by atoms with E-state index >= 15 is 0 Å². The second-order valence-corrected chi connectivity index (χ2v) is 15.2. The molecule has 62 heavy (non-hydrogen) atoms. The average molecular weight is 800 g/mol. The Morgan fingerprint density at radius 2 is 0.806 bits per heavy atom. The van der Waals surface area contributed by atoms with Crippen molar-refractivity contribution in [2.45, 2.75) is 0 Å². The van der Waals surface area contributed by atoms with Crippen LogP contribution >= 0.6 is 0 Å². The Hall–Kier alpha value is -8.41. The number of hydrogen-bond donors (Lipinski definition) is 0. The fourth-order valence-electron chi connectivity index (χ4n) is 9.14. The van der Waals surface area contributed by atoms with Crippen molar-refractivity contribution in [2.75, 3.05) is 0 Å². The van der Waals surface area contributed by atoms with Crippen molar-refractivity contribution < 1.29 is 13.7 Å². The summed E-state index contributed by atoms with van der Waals surface area (Å²) < 4.78 is 97.1. The molecule has 5 heteroatoms. The van der Waals surface area contributed by atoms with Gasteiger partial charge >= 0.3 is 0 Å². The first kappa shape index (κ1) is 25.9. The molecular formula is C57H35N5. The number of para-hydroxylation sites is 3. The largest absolute Gasteiger partial charge is 0.307 e. The van der Waals surface area contributed by atoms with Crippen LogP contribution in [0.5, 0.6) is 0 Å². The van der Waals surface area contributed by atoms with Gasteiger partial charge in [-0.15, -0.1) is 0 Å². The molecule has 0 aliphatic rings. The summed E-state index contributed by atoms with van der Waals surface area (Å²) in [6, 6.07) is 44.1. The predicted octanol–water partition coefficient (Wildman–Crippen LogP) is 14.5. The van der Waals surface area contributed by atoms with Crippen LogP contribution in [-0.4, -0.2) is 24.1 Å². The van der Waals surface area contributed by atoms with Gasteiger partial charge in [-0.05, 0) is 62.1 Å². The minimum absolute atomic E-state index is 0.0101. The van der Waals surface area contributed by atoms with Gasteiger partial charge in [-0.3, -0.25) is 4.57 Å². The molecule has 288 valence electrons. The van der Waals surface area contributed by atoms with E-state index in [2.05, 4.69) is 36.4 Å². The molecule has 0 radical (unpaired) electrons. The van der Waals surface area contributed by atoms with Crippen LogP contribution in [0, 0.1) is 0 Å². The van der Waals surface area contributed by atoms with Crippen LogP contribution in [0.3, 0.4) is 0 Å². The van der Waals surface area contributed by atoms with E-state index in [1.165, 1.54) is 4.57 Å². The molecule has 5 nitrogen and oxygen atoms in total. The topological polar surface area (TPSA) is 48.5 Å². The summed E-state index contributed by atoms with van der Waals surface area (Å²) in [6.45, 7) is 0. The first-order valence-electron chi connectivity index (χ1n) is 25.2. The molecule has 3 aromatic heterocycles. The lowest BCUT2D eigenvalue weighted by atomic mass is 9.92. The van der Waals surface area contributed by atoms with E-state index in [-0.39, 0.29) is 61.2 Å². The van der Waals surface area contributed by atoms with Gasteiger partial charge in [0.15, 0.2) is 11.6 Å². The van der Waals surface area contributed by atoms with Gasteiger partial charge in [0.25, 0.3) is 0 Å². The van der Waals surface area contributed by atoms with E-state index in [9.17, 15) is 8.22 Å². The molecule has 10 aromatic carbocycles. The third-order valence-corrected chi connectivity index (χ3v) is 11.8. The van der Waals surface area contributed by atoms with Gasteiger partial charge in [-0.2, -0.15) is 9.97 Å². The normalized spacial score (nSPS) is 14.1. The maximum Gasteiger partial charge on any atom is 0.238 e. The SMILES string of the molecule is [2H]c1c([2H])c([2H])c2c(c1[2H])c1c([2H])c([2H])c3c4c([2H])c([2H])c([2H])c([2H])c4n(-c4ccccc4-c4ccc5c6ccccc6c6ccccc6c5c4)c3c1n2-c1nc(-c2ccccc2)nc(-c2ccccc2)n1. The summed E-state index contributed by atoms with van der Waals surface area (Å²) >= 11 is 0. The maximum absolute atomic E-state index is 9.88. The highest BCUT2D eigenvalue weighted by Gasteiger charge is 2.24. The summed E-state index contributed by atoms with van der Waals surface area (Å²) in [5.41, 5.74) is 3.37. The highest BCUT2D eigenvalue weighted by Crippen LogP contribution is 2.44. The third-order valence-electron chi connectivity index (χ3n) is 11.8. The summed E-state index contributed by atoms with van der Waals surface area (Å²) in [7, 11) is 0. The maximum atomic E-state index is 9.88. The van der Waals surface area contributed by atoms with E-state index in [4.69, 9.17) is 20.4 Å². The highest BCUT2D eigenvalue weighted by molar-refractivity contribution is 6.26. The summed E-state index contributed by atoms with van der Waals surface area (Å²) in [6.07, 6.45) is 0. The summed E-state index contributed by atoms with van der Waals surface area (Å²) in [4.78, 5) is 15.0. The number of fused-ring (bicyclic) bond motifs is 13. The molecule has 0 saturated heterocycles. The number of benzene rings is 10. The fraction of sp³-hybridized carbons (Fsp3) is 0. The Morgan fingerprint density at radius 1 is 0.339 bits per heavy atom. The van der Waals surface area contributed by atoms with E-state index in [0.717, 1.165) is 37.9 Å². The summed E-state index contributed by atoms with van der Waals surface area (Å²) in [5, 5.41) is 6.33. The number of aromatic nitrogens is 5. The first-order valence-corrected chi connectivity index (χ1v) is 20.2. The molecular weight excluding hydrogens is 755 g/mol. The lowest BCUT2D eigenvalue weighted by molar-refractivity contribution is 0.953. The third kappa shape index (κ3) is 5.12. The first-order chi connectivity index (χ1) is 34.9. The van der Waals surface area contributed by atoms with Crippen molar-refractivity contribution >= 4 is 75.9 Å². The van der Waals surface area contributed by atoms with E-state index < -0.39 is 60.4 Å². The fourth-order valence-corrected chi connectivity index (χ4v) is 9.14. The number of nitrogens with zero attached hydrogens (tertiary/aromatic N) is 5. The van der Waals surface area contributed by atoms with Gasteiger partial charge in [0, 0.05) is 38.2 Å². The molecule has 3 heterocycles. The molecule has 13 rings (SSSR count). The molecule has 0 unspecified atom stereocenters. The highest BCUT2D eigenvalue weighted by atomic mass is 15.2. The van der Waals surface area contributed by atoms with Gasteiger partial charge in [-0.1, -0.05) is 188 Å². The van der Waals surface area contributed by atoms with Gasteiger partial charge in [0.2, 0.25) is 5.95 Å². The second-order valence-electron chi connectivity index (χ2n) is 15.2. The zero-order valence-electron chi connectivity index (χ0n) is 42.7. The quantitative estimate of drug-likeness (QED) is 0.163. The minimum atomic E-state index is -0.551.